The second-order valence-corrected chi connectivity index (χ2v) is 7.96. The number of carbonyl (C=O) groups excluding carboxylic acids is 1. The van der Waals surface area contributed by atoms with Crippen molar-refractivity contribution in [3.05, 3.63) is 69.5 Å². The van der Waals surface area contributed by atoms with Gasteiger partial charge in [-0.3, -0.25) is 4.79 Å². The molecule has 1 aromatic carbocycles. The Morgan fingerprint density at radius 2 is 1.88 bits per heavy atom. The number of nitrogen functional groups attached to an aromatic ring is 1. The van der Waals surface area contributed by atoms with Gasteiger partial charge in [-0.15, -0.1) is 22.7 Å². The normalized spacial score (nSPS) is 11.1. The van der Waals surface area contributed by atoms with E-state index in [1.54, 1.807) is 11.3 Å². The Labute approximate surface area is 153 Å². The zero-order valence-corrected chi connectivity index (χ0v) is 15.5. The van der Waals surface area contributed by atoms with E-state index in [2.05, 4.69) is 11.1 Å². The zero-order valence-electron chi connectivity index (χ0n) is 13.9. The molecule has 5 heteroatoms. The highest BCUT2D eigenvalue weighted by molar-refractivity contribution is 7.21. The lowest BCUT2D eigenvalue weighted by Crippen LogP contribution is -2.02. The fourth-order valence-electron chi connectivity index (χ4n) is 2.87. The second kappa shape index (κ2) is 6.10. The van der Waals surface area contributed by atoms with Crippen molar-refractivity contribution in [2.45, 2.75) is 13.8 Å². The average Bonchev–Trinajstić information content (AvgIpc) is 3.23. The standard InChI is InChI=1S/C20H16N2OS2/c1-11-5-7-13(8-6-11)18(23)19-17(21)16-14(15-4-3-9-24-15)10-12(2)22-20(16)25-19/h3-10H,21H2,1-2H3. The number of thiophene rings is 2. The molecule has 3 nitrogen and oxygen atoms in total. The number of anilines is 1. The number of fused-ring (bicyclic) bond motifs is 1. The number of aryl methyl sites for hydroxylation is 2. The minimum absolute atomic E-state index is 0.0460. The summed E-state index contributed by atoms with van der Waals surface area (Å²) < 4.78 is 0. The van der Waals surface area contributed by atoms with Gasteiger partial charge < -0.3 is 5.73 Å². The topological polar surface area (TPSA) is 56.0 Å². The minimum atomic E-state index is -0.0460. The third-order valence-electron chi connectivity index (χ3n) is 4.13. The molecule has 4 rings (SSSR count). The molecule has 0 fully saturated rings. The van der Waals surface area contributed by atoms with Crippen LogP contribution < -0.4 is 5.73 Å². The third kappa shape index (κ3) is 2.75. The lowest BCUT2D eigenvalue weighted by molar-refractivity contribution is 0.104. The summed E-state index contributed by atoms with van der Waals surface area (Å²) in [5.74, 6) is -0.0460. The van der Waals surface area contributed by atoms with E-state index < -0.39 is 0 Å². The third-order valence-corrected chi connectivity index (χ3v) is 6.13. The first-order valence-electron chi connectivity index (χ1n) is 7.89. The van der Waals surface area contributed by atoms with Gasteiger partial charge in [-0.2, -0.15) is 0 Å². The van der Waals surface area contributed by atoms with Crippen molar-refractivity contribution in [3.8, 4) is 10.4 Å². The van der Waals surface area contributed by atoms with Gasteiger partial charge in [0.25, 0.3) is 0 Å². The Kier molecular flexibility index (Phi) is 3.90. The maximum Gasteiger partial charge on any atom is 0.205 e. The lowest BCUT2D eigenvalue weighted by Gasteiger charge is -2.04. The molecule has 124 valence electrons. The number of benzene rings is 1. The van der Waals surface area contributed by atoms with Crippen LogP contribution in [-0.4, -0.2) is 10.8 Å². The SMILES string of the molecule is Cc1ccc(C(=O)c2sc3nc(C)cc(-c4cccs4)c3c2N)cc1. The van der Waals surface area contributed by atoms with E-state index in [1.807, 2.05) is 55.6 Å². The number of hydrogen-bond acceptors (Lipinski definition) is 5. The van der Waals surface area contributed by atoms with Crippen molar-refractivity contribution >= 4 is 44.4 Å². The van der Waals surface area contributed by atoms with Gasteiger partial charge in [-0.05, 0) is 31.4 Å². The number of aromatic nitrogens is 1. The highest BCUT2D eigenvalue weighted by atomic mass is 32.1. The number of ketones is 1. The summed E-state index contributed by atoms with van der Waals surface area (Å²) in [6.07, 6.45) is 0. The molecule has 0 aliphatic rings. The first kappa shape index (κ1) is 16.0. The van der Waals surface area contributed by atoms with Crippen LogP contribution in [0, 0.1) is 13.8 Å². The van der Waals surface area contributed by atoms with Gasteiger partial charge in [-0.1, -0.05) is 35.9 Å². The summed E-state index contributed by atoms with van der Waals surface area (Å²) in [5.41, 5.74) is 10.7. The molecule has 0 unspecified atom stereocenters. The lowest BCUT2D eigenvalue weighted by atomic mass is 10.0. The number of nitrogens with two attached hydrogens (primary N) is 1. The molecular weight excluding hydrogens is 348 g/mol. The summed E-state index contributed by atoms with van der Waals surface area (Å²) >= 11 is 3.04. The minimum Gasteiger partial charge on any atom is -0.397 e. The molecule has 4 aromatic rings. The van der Waals surface area contributed by atoms with Crippen LogP contribution in [0.4, 0.5) is 5.69 Å². The van der Waals surface area contributed by atoms with Gasteiger partial charge in [0.05, 0.1) is 5.69 Å². The molecule has 0 spiro atoms. The highest BCUT2D eigenvalue weighted by Gasteiger charge is 2.21. The molecule has 3 heterocycles. The van der Waals surface area contributed by atoms with E-state index in [4.69, 9.17) is 5.73 Å². The summed E-state index contributed by atoms with van der Waals surface area (Å²) in [5, 5.41) is 2.92. The first-order valence-corrected chi connectivity index (χ1v) is 9.59. The smallest absolute Gasteiger partial charge is 0.205 e. The molecule has 0 aliphatic heterocycles. The number of carbonyl (C=O) groups is 1. The van der Waals surface area contributed by atoms with Gasteiger partial charge in [0.1, 0.15) is 9.71 Å². The number of rotatable bonds is 3. The van der Waals surface area contributed by atoms with Gasteiger partial charge in [0.2, 0.25) is 5.78 Å². The van der Waals surface area contributed by atoms with Crippen LogP contribution in [0.15, 0.2) is 47.8 Å². The number of nitrogens with zero attached hydrogens (tertiary/aromatic N) is 1. The van der Waals surface area contributed by atoms with Crippen LogP contribution in [0.1, 0.15) is 26.5 Å². The summed E-state index contributed by atoms with van der Waals surface area (Å²) in [7, 11) is 0. The van der Waals surface area contributed by atoms with E-state index in [9.17, 15) is 4.79 Å². The van der Waals surface area contributed by atoms with Gasteiger partial charge >= 0.3 is 0 Å². The van der Waals surface area contributed by atoms with Crippen molar-refractivity contribution in [2.24, 2.45) is 0 Å². The molecule has 0 saturated carbocycles. The Morgan fingerprint density at radius 1 is 1.12 bits per heavy atom. The van der Waals surface area contributed by atoms with Gasteiger partial charge in [-0.25, -0.2) is 4.98 Å². The van der Waals surface area contributed by atoms with E-state index in [0.29, 0.717) is 16.1 Å². The van der Waals surface area contributed by atoms with Crippen LogP contribution in [0.25, 0.3) is 20.7 Å². The van der Waals surface area contributed by atoms with E-state index in [-0.39, 0.29) is 5.78 Å². The molecule has 25 heavy (non-hydrogen) atoms. The predicted molar refractivity (Wildman–Crippen MR) is 107 cm³/mol. The quantitative estimate of drug-likeness (QED) is 0.491. The van der Waals surface area contributed by atoms with Gasteiger partial charge in [0.15, 0.2) is 0 Å². The monoisotopic (exact) mass is 364 g/mol. The molecule has 0 aliphatic carbocycles. The molecule has 0 amide bonds. The molecule has 0 atom stereocenters. The summed E-state index contributed by atoms with van der Waals surface area (Å²) in [6.45, 7) is 3.97. The Balaban J connectivity index is 1.92. The van der Waals surface area contributed by atoms with Crippen molar-refractivity contribution in [3.63, 3.8) is 0 Å². The van der Waals surface area contributed by atoms with Crippen LogP contribution in [0.5, 0.6) is 0 Å². The Hall–Kier alpha value is -2.50. The molecule has 3 aromatic heterocycles. The fraction of sp³-hybridized carbons (Fsp3) is 0.100. The van der Waals surface area contributed by atoms with E-state index in [0.717, 1.165) is 31.9 Å². The molecule has 0 radical (unpaired) electrons. The summed E-state index contributed by atoms with van der Waals surface area (Å²) in [4.78, 5) is 20.1. The maximum absolute atomic E-state index is 12.9. The fourth-order valence-corrected chi connectivity index (χ4v) is 4.75. The largest absolute Gasteiger partial charge is 0.397 e. The van der Waals surface area contributed by atoms with Crippen molar-refractivity contribution in [1.82, 2.24) is 4.98 Å². The number of hydrogen-bond donors (Lipinski definition) is 1. The molecule has 0 bridgehead atoms. The van der Waals surface area contributed by atoms with Crippen LogP contribution in [-0.2, 0) is 0 Å². The van der Waals surface area contributed by atoms with Gasteiger partial charge in [0, 0.05) is 27.1 Å². The average molecular weight is 364 g/mol. The van der Waals surface area contributed by atoms with Crippen LogP contribution >= 0.6 is 22.7 Å². The predicted octanol–water partition coefficient (Wildman–Crippen LogP) is 5.45. The molecular formula is C20H16N2OS2. The highest BCUT2D eigenvalue weighted by Crippen LogP contribution is 2.41. The van der Waals surface area contributed by atoms with Crippen molar-refractivity contribution in [1.29, 1.82) is 0 Å². The van der Waals surface area contributed by atoms with Crippen molar-refractivity contribution < 1.29 is 4.79 Å². The van der Waals surface area contributed by atoms with E-state index >= 15 is 0 Å². The second-order valence-electron chi connectivity index (χ2n) is 6.01. The summed E-state index contributed by atoms with van der Waals surface area (Å²) in [6, 6.07) is 13.7. The molecule has 0 saturated heterocycles. The number of pyridine rings is 1. The maximum atomic E-state index is 12.9. The van der Waals surface area contributed by atoms with E-state index in [1.165, 1.54) is 11.3 Å². The van der Waals surface area contributed by atoms with Crippen molar-refractivity contribution in [2.75, 3.05) is 5.73 Å². The Bertz CT molecular complexity index is 1080. The van der Waals surface area contributed by atoms with Crippen LogP contribution in [0.3, 0.4) is 0 Å². The zero-order chi connectivity index (χ0) is 17.6. The first-order chi connectivity index (χ1) is 12.0. The Morgan fingerprint density at radius 3 is 2.56 bits per heavy atom. The van der Waals surface area contributed by atoms with Crippen LogP contribution in [0.2, 0.25) is 0 Å². The molecule has 2 N–H and O–H groups in total.